The van der Waals surface area contributed by atoms with Gasteiger partial charge in [-0.3, -0.25) is 0 Å². The van der Waals surface area contributed by atoms with Crippen molar-refractivity contribution in [2.45, 2.75) is 33.4 Å². The first kappa shape index (κ1) is 14.3. The molecule has 100 valence electrons. The van der Waals surface area contributed by atoms with Crippen molar-refractivity contribution in [2.75, 3.05) is 0 Å². The maximum Gasteiger partial charge on any atom is 0.0306 e. The van der Waals surface area contributed by atoms with E-state index in [4.69, 9.17) is 0 Å². The molecule has 0 bridgehead atoms. The van der Waals surface area contributed by atoms with Crippen LogP contribution in [0.1, 0.15) is 35.2 Å². The molecule has 0 unspecified atom stereocenters. The van der Waals surface area contributed by atoms with Crippen LogP contribution in [0.4, 0.5) is 0 Å². The summed E-state index contributed by atoms with van der Waals surface area (Å²) >= 11 is 3.61. The van der Waals surface area contributed by atoms with E-state index >= 15 is 0 Å². The summed E-state index contributed by atoms with van der Waals surface area (Å²) in [5.41, 5.74) is 5.41. The van der Waals surface area contributed by atoms with Gasteiger partial charge in [0.05, 0.1) is 0 Å². The van der Waals surface area contributed by atoms with Crippen molar-refractivity contribution >= 4 is 15.9 Å². The van der Waals surface area contributed by atoms with Gasteiger partial charge in [0.25, 0.3) is 0 Å². The minimum atomic E-state index is 0.328. The fourth-order valence-electron chi connectivity index (χ4n) is 2.32. The summed E-state index contributed by atoms with van der Waals surface area (Å²) in [5.74, 6) is 0. The van der Waals surface area contributed by atoms with Gasteiger partial charge in [-0.2, -0.15) is 0 Å². The van der Waals surface area contributed by atoms with Crippen molar-refractivity contribution in [2.24, 2.45) is 0 Å². The molecule has 1 atom stereocenters. The van der Waals surface area contributed by atoms with E-state index in [2.05, 4.69) is 78.4 Å². The molecule has 0 aliphatic carbocycles. The number of aryl methyl sites for hydroxylation is 2. The van der Waals surface area contributed by atoms with Crippen molar-refractivity contribution < 1.29 is 0 Å². The van der Waals surface area contributed by atoms with E-state index in [0.29, 0.717) is 6.04 Å². The lowest BCUT2D eigenvalue weighted by atomic mass is 10.0. The molecule has 1 N–H and O–H groups in total. The van der Waals surface area contributed by atoms with Gasteiger partial charge >= 0.3 is 0 Å². The van der Waals surface area contributed by atoms with Crippen LogP contribution in [0.25, 0.3) is 0 Å². The highest BCUT2D eigenvalue weighted by atomic mass is 79.9. The van der Waals surface area contributed by atoms with Gasteiger partial charge in [-0.15, -0.1) is 0 Å². The predicted octanol–water partition coefficient (Wildman–Crippen LogP) is 4.92. The fraction of sp³-hybridized carbons (Fsp3) is 0.294. The summed E-state index contributed by atoms with van der Waals surface area (Å²) in [7, 11) is 0. The molecule has 2 aromatic carbocycles. The third-order valence-corrected chi connectivity index (χ3v) is 4.32. The molecular weight excluding hydrogens is 298 g/mol. The SMILES string of the molecule is Cc1cccc(C)c1CN[C@H](C)c1ccccc1Br. The zero-order valence-corrected chi connectivity index (χ0v) is 13.3. The Kier molecular flexibility index (Phi) is 4.78. The molecule has 0 saturated heterocycles. The molecule has 0 spiro atoms. The van der Waals surface area contributed by atoms with E-state index in [-0.39, 0.29) is 0 Å². The molecule has 0 radical (unpaired) electrons. The Morgan fingerprint density at radius 1 is 1.00 bits per heavy atom. The zero-order chi connectivity index (χ0) is 13.8. The molecule has 1 nitrogen and oxygen atoms in total. The second-order valence-electron chi connectivity index (χ2n) is 4.99. The lowest BCUT2D eigenvalue weighted by Gasteiger charge is -2.18. The van der Waals surface area contributed by atoms with Crippen molar-refractivity contribution in [1.29, 1.82) is 0 Å². The first-order valence-electron chi connectivity index (χ1n) is 6.62. The molecule has 2 rings (SSSR count). The van der Waals surface area contributed by atoms with Crippen LogP contribution >= 0.6 is 15.9 Å². The van der Waals surface area contributed by atoms with Crippen molar-refractivity contribution in [3.8, 4) is 0 Å². The second-order valence-corrected chi connectivity index (χ2v) is 5.85. The Balaban J connectivity index is 2.09. The predicted molar refractivity (Wildman–Crippen MR) is 85.3 cm³/mol. The summed E-state index contributed by atoms with van der Waals surface area (Å²) < 4.78 is 1.16. The van der Waals surface area contributed by atoms with E-state index < -0.39 is 0 Å². The lowest BCUT2D eigenvalue weighted by molar-refractivity contribution is 0.570. The summed E-state index contributed by atoms with van der Waals surface area (Å²) in [6.07, 6.45) is 0. The maximum atomic E-state index is 3.61. The van der Waals surface area contributed by atoms with Crippen molar-refractivity contribution in [1.82, 2.24) is 5.32 Å². The summed E-state index contributed by atoms with van der Waals surface area (Å²) in [6, 6.07) is 15.2. The summed E-state index contributed by atoms with van der Waals surface area (Å²) in [4.78, 5) is 0. The highest BCUT2D eigenvalue weighted by molar-refractivity contribution is 9.10. The van der Waals surface area contributed by atoms with Crippen molar-refractivity contribution in [3.05, 3.63) is 69.2 Å². The molecule has 2 aromatic rings. The van der Waals surface area contributed by atoms with Crippen LogP contribution in [-0.4, -0.2) is 0 Å². The molecule has 0 aliphatic rings. The first-order valence-corrected chi connectivity index (χ1v) is 7.42. The van der Waals surface area contributed by atoms with Gasteiger partial charge in [-0.05, 0) is 49.1 Å². The number of rotatable bonds is 4. The van der Waals surface area contributed by atoms with E-state index in [1.54, 1.807) is 0 Å². The standard InChI is InChI=1S/C17H20BrN/c1-12-7-6-8-13(2)16(12)11-19-14(3)15-9-4-5-10-17(15)18/h4-10,14,19H,11H2,1-3H3/t14-/m1/s1. The minimum absolute atomic E-state index is 0.328. The van der Waals surface area contributed by atoms with E-state index in [1.165, 1.54) is 22.3 Å². The highest BCUT2D eigenvalue weighted by Gasteiger charge is 2.09. The Hall–Kier alpha value is -1.12. The number of benzene rings is 2. The van der Waals surface area contributed by atoms with Crippen LogP contribution in [0.5, 0.6) is 0 Å². The first-order chi connectivity index (χ1) is 9.09. The maximum absolute atomic E-state index is 3.61. The smallest absolute Gasteiger partial charge is 0.0306 e. The van der Waals surface area contributed by atoms with Gasteiger partial charge in [0.15, 0.2) is 0 Å². The average Bonchev–Trinajstić information content (AvgIpc) is 2.38. The number of hydrogen-bond donors (Lipinski definition) is 1. The molecule has 0 aliphatic heterocycles. The van der Waals surface area contributed by atoms with Gasteiger partial charge < -0.3 is 5.32 Å². The number of halogens is 1. The molecule has 0 heterocycles. The van der Waals surface area contributed by atoms with E-state index in [9.17, 15) is 0 Å². The molecule has 0 amide bonds. The van der Waals surface area contributed by atoms with Crippen LogP contribution in [-0.2, 0) is 6.54 Å². The normalized spacial score (nSPS) is 12.4. The molecule has 0 saturated carbocycles. The molecule has 19 heavy (non-hydrogen) atoms. The van der Waals surface area contributed by atoms with Crippen LogP contribution < -0.4 is 5.32 Å². The van der Waals surface area contributed by atoms with Crippen LogP contribution in [0, 0.1) is 13.8 Å². The quantitative estimate of drug-likeness (QED) is 0.844. The molecule has 0 fully saturated rings. The monoisotopic (exact) mass is 317 g/mol. The second kappa shape index (κ2) is 6.36. The topological polar surface area (TPSA) is 12.0 Å². The zero-order valence-electron chi connectivity index (χ0n) is 11.7. The Morgan fingerprint density at radius 2 is 1.63 bits per heavy atom. The summed E-state index contributed by atoms with van der Waals surface area (Å²) in [5, 5.41) is 3.61. The molecule has 0 aromatic heterocycles. The van der Waals surface area contributed by atoms with Gasteiger partial charge in [-0.25, -0.2) is 0 Å². The highest BCUT2D eigenvalue weighted by Crippen LogP contribution is 2.23. The fourth-order valence-corrected chi connectivity index (χ4v) is 2.95. The van der Waals surface area contributed by atoms with Gasteiger partial charge in [0, 0.05) is 17.1 Å². The largest absolute Gasteiger partial charge is 0.306 e. The van der Waals surface area contributed by atoms with Crippen molar-refractivity contribution in [3.63, 3.8) is 0 Å². The lowest BCUT2D eigenvalue weighted by Crippen LogP contribution is -2.19. The van der Waals surface area contributed by atoms with Crippen LogP contribution in [0.2, 0.25) is 0 Å². The van der Waals surface area contributed by atoms with Crippen LogP contribution in [0.3, 0.4) is 0 Å². The van der Waals surface area contributed by atoms with E-state index in [0.717, 1.165) is 11.0 Å². The Bertz CT molecular complexity index is 543. The summed E-state index contributed by atoms with van der Waals surface area (Å²) in [6.45, 7) is 7.45. The van der Waals surface area contributed by atoms with Gasteiger partial charge in [-0.1, -0.05) is 52.3 Å². The van der Waals surface area contributed by atoms with Gasteiger partial charge in [0.1, 0.15) is 0 Å². The minimum Gasteiger partial charge on any atom is -0.306 e. The third kappa shape index (κ3) is 3.46. The molecule has 2 heteroatoms. The Morgan fingerprint density at radius 3 is 2.26 bits per heavy atom. The number of nitrogens with one attached hydrogen (secondary N) is 1. The average molecular weight is 318 g/mol. The number of hydrogen-bond acceptors (Lipinski definition) is 1. The van der Waals surface area contributed by atoms with Crippen LogP contribution in [0.15, 0.2) is 46.9 Å². The molecular formula is C17H20BrN. The Labute approximate surface area is 124 Å². The van der Waals surface area contributed by atoms with Gasteiger partial charge in [0.2, 0.25) is 0 Å². The van der Waals surface area contributed by atoms with E-state index in [1.807, 2.05) is 6.07 Å². The third-order valence-electron chi connectivity index (χ3n) is 3.60.